The lowest BCUT2D eigenvalue weighted by Gasteiger charge is -2.29. The standard InChI is InChI=1S/C21H26N2O3S/c24-21(22-9-3-1-2-4-10-22)16-23(15-18-6-5-13-27-18)17-7-8-19-20(14-17)26-12-11-25-19/h5-8,13-14H,1-4,9-12,15-16H2. The highest BCUT2D eigenvalue weighted by Gasteiger charge is 2.21. The second-order valence-electron chi connectivity index (χ2n) is 7.06. The Morgan fingerprint density at radius 1 is 1.04 bits per heavy atom. The van der Waals surface area contributed by atoms with Crippen molar-refractivity contribution in [3.8, 4) is 11.5 Å². The third kappa shape index (κ3) is 4.56. The zero-order valence-electron chi connectivity index (χ0n) is 15.6. The molecule has 4 rings (SSSR count). The number of fused-ring (bicyclic) bond motifs is 1. The van der Waals surface area contributed by atoms with Gasteiger partial charge in [0.2, 0.25) is 5.91 Å². The van der Waals surface area contributed by atoms with Gasteiger partial charge in [-0.05, 0) is 36.4 Å². The highest BCUT2D eigenvalue weighted by molar-refractivity contribution is 7.09. The monoisotopic (exact) mass is 386 g/mol. The van der Waals surface area contributed by atoms with Crippen LogP contribution in [0.15, 0.2) is 35.7 Å². The van der Waals surface area contributed by atoms with Crippen LogP contribution < -0.4 is 14.4 Å². The van der Waals surface area contributed by atoms with Crippen molar-refractivity contribution >= 4 is 22.9 Å². The zero-order valence-corrected chi connectivity index (χ0v) is 16.4. The molecule has 5 nitrogen and oxygen atoms in total. The van der Waals surface area contributed by atoms with Crippen molar-refractivity contribution in [2.45, 2.75) is 32.2 Å². The highest BCUT2D eigenvalue weighted by Crippen LogP contribution is 2.34. The molecule has 2 aliphatic heterocycles. The van der Waals surface area contributed by atoms with E-state index in [-0.39, 0.29) is 5.91 Å². The number of thiophene rings is 1. The SMILES string of the molecule is O=C(CN(Cc1cccs1)c1ccc2c(c1)OCCO2)N1CCCCCC1. The molecule has 0 spiro atoms. The second-order valence-corrected chi connectivity index (χ2v) is 8.09. The molecule has 6 heteroatoms. The van der Waals surface area contributed by atoms with Crippen molar-refractivity contribution in [2.24, 2.45) is 0 Å². The van der Waals surface area contributed by atoms with Gasteiger partial charge in [0.05, 0.1) is 13.1 Å². The highest BCUT2D eigenvalue weighted by atomic mass is 32.1. The number of anilines is 1. The van der Waals surface area contributed by atoms with Gasteiger partial charge >= 0.3 is 0 Å². The number of benzene rings is 1. The van der Waals surface area contributed by atoms with Crippen LogP contribution in [-0.4, -0.2) is 43.7 Å². The Hall–Kier alpha value is -2.21. The van der Waals surface area contributed by atoms with E-state index in [1.807, 2.05) is 23.1 Å². The summed E-state index contributed by atoms with van der Waals surface area (Å²) in [4.78, 5) is 18.4. The fourth-order valence-electron chi connectivity index (χ4n) is 3.64. The molecular weight excluding hydrogens is 360 g/mol. The minimum atomic E-state index is 0.211. The van der Waals surface area contributed by atoms with E-state index in [9.17, 15) is 4.79 Å². The summed E-state index contributed by atoms with van der Waals surface area (Å²) in [5.74, 6) is 1.75. The van der Waals surface area contributed by atoms with Crippen molar-refractivity contribution < 1.29 is 14.3 Å². The molecule has 0 radical (unpaired) electrons. The Morgan fingerprint density at radius 3 is 2.56 bits per heavy atom. The number of ether oxygens (including phenoxy) is 2. The van der Waals surface area contributed by atoms with Crippen molar-refractivity contribution in [1.82, 2.24) is 4.90 Å². The van der Waals surface area contributed by atoms with Crippen LogP contribution in [-0.2, 0) is 11.3 Å². The van der Waals surface area contributed by atoms with E-state index in [0.717, 1.165) is 49.7 Å². The lowest BCUT2D eigenvalue weighted by molar-refractivity contribution is -0.129. The van der Waals surface area contributed by atoms with Gasteiger partial charge in [-0.15, -0.1) is 11.3 Å². The molecule has 0 saturated carbocycles. The summed E-state index contributed by atoms with van der Waals surface area (Å²) in [7, 11) is 0. The number of likely N-dealkylation sites (tertiary alicyclic amines) is 1. The number of nitrogens with zero attached hydrogens (tertiary/aromatic N) is 2. The molecule has 1 aromatic heterocycles. The van der Waals surface area contributed by atoms with Crippen molar-refractivity contribution in [3.63, 3.8) is 0 Å². The van der Waals surface area contributed by atoms with Gasteiger partial charge in [-0.2, -0.15) is 0 Å². The first-order chi connectivity index (χ1) is 13.3. The number of amides is 1. The molecule has 0 atom stereocenters. The fraction of sp³-hybridized carbons (Fsp3) is 0.476. The predicted octanol–water partition coefficient (Wildman–Crippen LogP) is 3.93. The van der Waals surface area contributed by atoms with Gasteiger partial charge in [0.1, 0.15) is 13.2 Å². The van der Waals surface area contributed by atoms with Gasteiger partial charge in [-0.25, -0.2) is 0 Å². The molecule has 0 aliphatic carbocycles. The molecule has 0 N–H and O–H groups in total. The Balaban J connectivity index is 1.54. The molecule has 0 unspecified atom stereocenters. The summed E-state index contributed by atoms with van der Waals surface area (Å²) >= 11 is 1.72. The number of carbonyl (C=O) groups excluding carboxylic acids is 1. The van der Waals surface area contributed by atoms with Crippen LogP contribution in [0.2, 0.25) is 0 Å². The van der Waals surface area contributed by atoms with Crippen molar-refractivity contribution in [3.05, 3.63) is 40.6 Å². The molecule has 27 heavy (non-hydrogen) atoms. The normalized spacial score (nSPS) is 16.7. The molecule has 2 aliphatic rings. The lowest BCUT2D eigenvalue weighted by atomic mass is 10.2. The fourth-order valence-corrected chi connectivity index (χ4v) is 4.36. The molecule has 1 amide bonds. The first-order valence-electron chi connectivity index (χ1n) is 9.74. The number of hydrogen-bond donors (Lipinski definition) is 0. The predicted molar refractivity (Wildman–Crippen MR) is 108 cm³/mol. The van der Waals surface area contributed by atoms with E-state index in [0.29, 0.717) is 19.8 Å². The Kier molecular flexibility index (Phi) is 5.82. The minimum absolute atomic E-state index is 0.211. The number of carbonyl (C=O) groups is 1. The quantitative estimate of drug-likeness (QED) is 0.781. The topological polar surface area (TPSA) is 42.0 Å². The van der Waals surface area contributed by atoms with Crippen molar-refractivity contribution in [2.75, 3.05) is 37.7 Å². The van der Waals surface area contributed by atoms with Crippen LogP contribution in [0, 0.1) is 0 Å². The van der Waals surface area contributed by atoms with E-state index < -0.39 is 0 Å². The van der Waals surface area contributed by atoms with E-state index in [2.05, 4.69) is 22.4 Å². The molecule has 0 bridgehead atoms. The van der Waals surface area contributed by atoms with Gasteiger partial charge in [-0.1, -0.05) is 18.9 Å². The summed E-state index contributed by atoms with van der Waals surface area (Å²) < 4.78 is 11.4. The van der Waals surface area contributed by atoms with Gasteiger partial charge < -0.3 is 19.3 Å². The third-order valence-corrected chi connectivity index (χ3v) is 5.96. The maximum absolute atomic E-state index is 13.0. The first kappa shape index (κ1) is 18.2. The summed E-state index contributed by atoms with van der Waals surface area (Å²) in [5.41, 5.74) is 0.996. The molecule has 1 saturated heterocycles. The van der Waals surface area contributed by atoms with Crippen LogP contribution in [0.5, 0.6) is 11.5 Å². The molecule has 144 valence electrons. The van der Waals surface area contributed by atoms with E-state index in [1.54, 1.807) is 11.3 Å². The third-order valence-electron chi connectivity index (χ3n) is 5.10. The van der Waals surface area contributed by atoms with E-state index in [1.165, 1.54) is 17.7 Å². The van der Waals surface area contributed by atoms with Crippen molar-refractivity contribution in [1.29, 1.82) is 0 Å². The van der Waals surface area contributed by atoms with E-state index >= 15 is 0 Å². The average Bonchev–Trinajstić information content (AvgIpc) is 3.06. The first-order valence-corrected chi connectivity index (χ1v) is 10.6. The van der Waals surface area contributed by atoms with E-state index in [4.69, 9.17) is 9.47 Å². The number of hydrogen-bond acceptors (Lipinski definition) is 5. The van der Waals surface area contributed by atoms with Gasteiger partial charge in [0.25, 0.3) is 0 Å². The lowest BCUT2D eigenvalue weighted by Crippen LogP contribution is -2.40. The summed E-state index contributed by atoms with van der Waals surface area (Å²) in [5, 5.41) is 2.08. The Bertz CT molecular complexity index is 755. The average molecular weight is 387 g/mol. The Morgan fingerprint density at radius 2 is 1.81 bits per heavy atom. The summed E-state index contributed by atoms with van der Waals surface area (Å²) in [6, 6.07) is 10.1. The maximum atomic E-state index is 13.0. The minimum Gasteiger partial charge on any atom is -0.486 e. The Labute approximate surface area is 164 Å². The zero-order chi connectivity index (χ0) is 18.5. The number of rotatable bonds is 5. The van der Waals surface area contributed by atoms with Crippen LogP contribution in [0.25, 0.3) is 0 Å². The molecule has 1 fully saturated rings. The maximum Gasteiger partial charge on any atom is 0.242 e. The van der Waals surface area contributed by atoms with Crippen LogP contribution in [0.4, 0.5) is 5.69 Å². The van der Waals surface area contributed by atoms with Gasteiger partial charge in [0, 0.05) is 29.7 Å². The molecular formula is C21H26N2O3S. The van der Waals surface area contributed by atoms with Crippen LogP contribution >= 0.6 is 11.3 Å². The van der Waals surface area contributed by atoms with Gasteiger partial charge in [-0.3, -0.25) is 4.79 Å². The van der Waals surface area contributed by atoms with Crippen LogP contribution in [0.3, 0.4) is 0 Å². The smallest absolute Gasteiger partial charge is 0.242 e. The molecule has 2 aromatic rings. The van der Waals surface area contributed by atoms with Gasteiger partial charge in [0.15, 0.2) is 11.5 Å². The van der Waals surface area contributed by atoms with Crippen LogP contribution in [0.1, 0.15) is 30.6 Å². The summed E-state index contributed by atoms with van der Waals surface area (Å²) in [6.07, 6.45) is 4.68. The largest absolute Gasteiger partial charge is 0.486 e. The molecule has 1 aromatic carbocycles. The molecule has 3 heterocycles. The summed E-state index contributed by atoms with van der Waals surface area (Å²) in [6.45, 7) is 4.01. The second kappa shape index (κ2) is 8.65.